The molecule has 0 bridgehead atoms. The van der Waals surface area contributed by atoms with Crippen LogP contribution in [0.15, 0.2) is 24.3 Å². The van der Waals surface area contributed by atoms with E-state index in [0.29, 0.717) is 23.4 Å². The quantitative estimate of drug-likeness (QED) is 0.910. The number of rotatable bonds is 4. The largest absolute Gasteiger partial charge is 0.348 e. The Morgan fingerprint density at radius 2 is 1.91 bits per heavy atom. The monoisotopic (exact) mass is 296 g/mol. The lowest BCUT2D eigenvalue weighted by molar-refractivity contribution is 0.0945. The van der Waals surface area contributed by atoms with Gasteiger partial charge in [0.05, 0.1) is 0 Å². The Morgan fingerprint density at radius 3 is 2.64 bits per heavy atom. The number of hydrogen-bond donors (Lipinski definition) is 2. The maximum Gasteiger partial charge on any atom is 0.270 e. The number of nitrogens with one attached hydrogen (secondary N) is 2. The molecule has 1 heterocycles. The summed E-state index contributed by atoms with van der Waals surface area (Å²) in [5.74, 6) is 1.09. The first kappa shape index (κ1) is 14.5. The van der Waals surface area contributed by atoms with E-state index in [9.17, 15) is 4.79 Å². The van der Waals surface area contributed by atoms with Gasteiger partial charge in [0, 0.05) is 17.8 Å². The van der Waals surface area contributed by atoms with Crippen molar-refractivity contribution >= 4 is 17.4 Å². The zero-order valence-electron chi connectivity index (χ0n) is 13.1. The molecule has 22 heavy (non-hydrogen) atoms. The van der Waals surface area contributed by atoms with E-state index in [0.717, 1.165) is 24.1 Å². The van der Waals surface area contributed by atoms with E-state index in [1.807, 2.05) is 13.8 Å². The molecule has 3 rings (SSSR count). The maximum absolute atomic E-state index is 12.1. The summed E-state index contributed by atoms with van der Waals surface area (Å²) in [6, 6.07) is 8.22. The van der Waals surface area contributed by atoms with Crippen molar-refractivity contribution in [1.82, 2.24) is 15.3 Å². The van der Waals surface area contributed by atoms with Crippen molar-refractivity contribution in [2.75, 3.05) is 5.32 Å². The summed E-state index contributed by atoms with van der Waals surface area (Å²) in [6.45, 7) is 5.88. The molecule has 1 aromatic heterocycles. The minimum Gasteiger partial charge on any atom is -0.348 e. The highest BCUT2D eigenvalue weighted by Crippen LogP contribution is 2.22. The van der Waals surface area contributed by atoms with Crippen LogP contribution in [-0.2, 0) is 0 Å². The molecular formula is C17H20N4O. The predicted molar refractivity (Wildman–Crippen MR) is 86.5 cm³/mol. The van der Waals surface area contributed by atoms with Crippen LogP contribution in [0.2, 0.25) is 0 Å². The molecular weight excluding hydrogens is 276 g/mol. The van der Waals surface area contributed by atoms with E-state index in [4.69, 9.17) is 0 Å². The first-order valence-corrected chi connectivity index (χ1v) is 7.52. The van der Waals surface area contributed by atoms with Gasteiger partial charge >= 0.3 is 0 Å². The fourth-order valence-corrected chi connectivity index (χ4v) is 2.24. The second-order valence-corrected chi connectivity index (χ2v) is 5.88. The van der Waals surface area contributed by atoms with Crippen molar-refractivity contribution in [3.63, 3.8) is 0 Å². The highest BCUT2D eigenvalue weighted by Gasteiger charge is 2.24. The number of benzene rings is 1. The van der Waals surface area contributed by atoms with Gasteiger partial charge in [-0.05, 0) is 50.8 Å². The number of anilines is 2. The molecule has 1 aliphatic rings. The van der Waals surface area contributed by atoms with Gasteiger partial charge in [-0.15, -0.1) is 0 Å². The molecule has 1 aliphatic carbocycles. The molecule has 0 saturated heterocycles. The highest BCUT2D eigenvalue weighted by molar-refractivity contribution is 5.93. The molecule has 1 aromatic carbocycles. The number of amides is 1. The third kappa shape index (κ3) is 3.42. The molecule has 2 N–H and O–H groups in total. The third-order valence-electron chi connectivity index (χ3n) is 3.64. The molecule has 0 aliphatic heterocycles. The highest BCUT2D eigenvalue weighted by atomic mass is 16.2. The van der Waals surface area contributed by atoms with E-state index in [1.54, 1.807) is 13.0 Å². The van der Waals surface area contributed by atoms with E-state index in [2.05, 4.69) is 38.8 Å². The van der Waals surface area contributed by atoms with Crippen LogP contribution >= 0.6 is 0 Å². The minimum atomic E-state index is -0.128. The molecule has 114 valence electrons. The molecule has 5 heteroatoms. The van der Waals surface area contributed by atoms with Gasteiger partial charge in [0.1, 0.15) is 17.3 Å². The lowest BCUT2D eigenvalue weighted by Crippen LogP contribution is -2.26. The number of carbonyl (C=O) groups is 1. The lowest BCUT2D eigenvalue weighted by Gasteiger charge is -2.11. The van der Waals surface area contributed by atoms with Gasteiger partial charge in [-0.2, -0.15) is 0 Å². The normalized spacial score (nSPS) is 13.8. The van der Waals surface area contributed by atoms with Crippen molar-refractivity contribution in [1.29, 1.82) is 0 Å². The van der Waals surface area contributed by atoms with Crippen molar-refractivity contribution in [3.8, 4) is 0 Å². The Hall–Kier alpha value is -2.43. The molecule has 1 fully saturated rings. The van der Waals surface area contributed by atoms with Gasteiger partial charge in [0.15, 0.2) is 0 Å². The van der Waals surface area contributed by atoms with Crippen molar-refractivity contribution in [2.45, 2.75) is 39.7 Å². The summed E-state index contributed by atoms with van der Waals surface area (Å²) in [4.78, 5) is 20.8. The van der Waals surface area contributed by atoms with Crippen LogP contribution in [0.4, 0.5) is 11.5 Å². The number of carbonyl (C=O) groups excluding carboxylic acids is 1. The van der Waals surface area contributed by atoms with Crippen LogP contribution in [-0.4, -0.2) is 21.9 Å². The first-order chi connectivity index (χ1) is 10.5. The average molecular weight is 296 g/mol. The molecule has 1 saturated carbocycles. The number of aromatic nitrogens is 2. The number of nitrogens with zero attached hydrogens (tertiary/aromatic N) is 2. The molecule has 1 amide bonds. The van der Waals surface area contributed by atoms with Crippen LogP contribution in [0.25, 0.3) is 0 Å². The van der Waals surface area contributed by atoms with E-state index >= 15 is 0 Å². The van der Waals surface area contributed by atoms with E-state index < -0.39 is 0 Å². The first-order valence-electron chi connectivity index (χ1n) is 7.52. The van der Waals surface area contributed by atoms with Crippen LogP contribution in [0.1, 0.15) is 40.3 Å². The fourth-order valence-electron chi connectivity index (χ4n) is 2.24. The Bertz CT molecular complexity index is 723. The van der Waals surface area contributed by atoms with Gasteiger partial charge < -0.3 is 10.6 Å². The smallest absolute Gasteiger partial charge is 0.270 e. The zero-order chi connectivity index (χ0) is 15.7. The second kappa shape index (κ2) is 5.75. The number of aryl methyl sites for hydroxylation is 3. The third-order valence-corrected chi connectivity index (χ3v) is 3.64. The maximum atomic E-state index is 12.1. The van der Waals surface area contributed by atoms with E-state index in [1.165, 1.54) is 5.56 Å². The standard InChI is InChI=1S/C17H20N4O/c1-10-4-5-11(2)14(8-10)21-16-9-15(18-12(3)19-16)17(22)20-13-6-7-13/h4-5,8-9,13H,6-7H2,1-3H3,(H,20,22)(H,18,19,21). The van der Waals surface area contributed by atoms with Crippen LogP contribution in [0.5, 0.6) is 0 Å². The number of hydrogen-bond acceptors (Lipinski definition) is 4. The van der Waals surface area contributed by atoms with Crippen LogP contribution in [0, 0.1) is 20.8 Å². The lowest BCUT2D eigenvalue weighted by atomic mass is 10.1. The molecule has 0 unspecified atom stereocenters. The average Bonchev–Trinajstić information content (AvgIpc) is 3.26. The SMILES string of the molecule is Cc1ccc(C)c(Nc2cc(C(=O)NC3CC3)nc(C)n2)c1. The van der Waals surface area contributed by atoms with Gasteiger partial charge in [0.2, 0.25) is 0 Å². The molecule has 5 nitrogen and oxygen atoms in total. The van der Waals surface area contributed by atoms with Gasteiger partial charge in [0.25, 0.3) is 5.91 Å². The van der Waals surface area contributed by atoms with Crippen LogP contribution < -0.4 is 10.6 Å². The van der Waals surface area contributed by atoms with Gasteiger partial charge in [-0.25, -0.2) is 9.97 Å². The molecule has 0 radical (unpaired) electrons. The molecule has 0 atom stereocenters. The summed E-state index contributed by atoms with van der Waals surface area (Å²) in [5.41, 5.74) is 3.70. The van der Waals surface area contributed by atoms with Gasteiger partial charge in [-0.3, -0.25) is 4.79 Å². The summed E-state index contributed by atoms with van der Waals surface area (Å²) in [6.07, 6.45) is 2.12. The zero-order valence-corrected chi connectivity index (χ0v) is 13.1. The Morgan fingerprint density at radius 1 is 1.14 bits per heavy atom. The topological polar surface area (TPSA) is 66.9 Å². The Balaban J connectivity index is 1.85. The summed E-state index contributed by atoms with van der Waals surface area (Å²) < 4.78 is 0. The predicted octanol–water partition coefficient (Wildman–Crippen LogP) is 3.04. The molecule has 0 spiro atoms. The fraction of sp³-hybridized carbons (Fsp3) is 0.353. The van der Waals surface area contributed by atoms with E-state index in [-0.39, 0.29) is 5.91 Å². The Kier molecular flexibility index (Phi) is 3.79. The van der Waals surface area contributed by atoms with Gasteiger partial charge in [-0.1, -0.05) is 12.1 Å². The van der Waals surface area contributed by atoms with Crippen molar-refractivity contribution in [2.24, 2.45) is 0 Å². The summed E-state index contributed by atoms with van der Waals surface area (Å²) in [5, 5.41) is 6.24. The Labute approximate surface area is 130 Å². The second-order valence-electron chi connectivity index (χ2n) is 5.88. The molecule has 2 aromatic rings. The van der Waals surface area contributed by atoms with Crippen molar-refractivity contribution < 1.29 is 4.79 Å². The summed E-state index contributed by atoms with van der Waals surface area (Å²) >= 11 is 0. The minimum absolute atomic E-state index is 0.128. The summed E-state index contributed by atoms with van der Waals surface area (Å²) in [7, 11) is 0. The van der Waals surface area contributed by atoms with Crippen LogP contribution in [0.3, 0.4) is 0 Å². The van der Waals surface area contributed by atoms with Crippen molar-refractivity contribution in [3.05, 3.63) is 46.9 Å².